The van der Waals surface area contributed by atoms with Crippen molar-refractivity contribution in [3.63, 3.8) is 0 Å². The Bertz CT molecular complexity index is 1360. The number of nitrogens with one attached hydrogen (secondary N) is 2. The second-order valence-electron chi connectivity index (χ2n) is 8.04. The van der Waals surface area contributed by atoms with Crippen LogP contribution in [0.4, 0.5) is 4.79 Å². The summed E-state index contributed by atoms with van der Waals surface area (Å²) < 4.78 is 6.79. The monoisotopic (exact) mass is 496 g/mol. The largest absolute Gasteiger partial charge is 0.463 e. The number of fused-ring (bicyclic) bond motifs is 3. The van der Waals surface area contributed by atoms with Crippen molar-refractivity contribution in [2.24, 2.45) is 0 Å². The van der Waals surface area contributed by atoms with Gasteiger partial charge in [0, 0.05) is 16.3 Å². The maximum absolute atomic E-state index is 13.8. The number of benzene rings is 1. The van der Waals surface area contributed by atoms with Gasteiger partial charge in [-0.1, -0.05) is 30.0 Å². The van der Waals surface area contributed by atoms with E-state index in [1.54, 1.807) is 22.8 Å². The van der Waals surface area contributed by atoms with Gasteiger partial charge in [-0.3, -0.25) is 9.36 Å². The van der Waals surface area contributed by atoms with E-state index in [4.69, 9.17) is 9.72 Å². The molecule has 34 heavy (non-hydrogen) atoms. The Kier molecular flexibility index (Phi) is 6.42. The minimum Gasteiger partial charge on any atom is -0.463 e. The van der Waals surface area contributed by atoms with Gasteiger partial charge >= 0.3 is 12.0 Å². The van der Waals surface area contributed by atoms with Crippen LogP contribution in [0.25, 0.3) is 15.9 Å². The molecule has 0 atom stereocenters. The molecule has 2 aromatic heterocycles. The maximum Gasteiger partial charge on any atom is 0.337 e. The fourth-order valence-corrected chi connectivity index (χ4v) is 6.60. The summed E-state index contributed by atoms with van der Waals surface area (Å²) in [6.07, 6.45) is 4.10. The number of amides is 2. The van der Waals surface area contributed by atoms with E-state index in [-0.39, 0.29) is 30.5 Å². The van der Waals surface area contributed by atoms with Crippen LogP contribution in [0, 0.1) is 0 Å². The third-order valence-corrected chi connectivity index (χ3v) is 8.05. The number of esters is 1. The maximum atomic E-state index is 13.8. The molecule has 0 spiro atoms. The summed E-state index contributed by atoms with van der Waals surface area (Å²) in [4.78, 5) is 45.1. The number of thiophene rings is 1. The van der Waals surface area contributed by atoms with Crippen LogP contribution in [0.2, 0.25) is 0 Å². The van der Waals surface area contributed by atoms with E-state index in [2.05, 4.69) is 10.6 Å². The number of urea groups is 1. The Morgan fingerprint density at radius 1 is 1.21 bits per heavy atom. The molecule has 0 unspecified atom stereocenters. The van der Waals surface area contributed by atoms with Crippen molar-refractivity contribution in [2.45, 2.75) is 37.8 Å². The molecule has 5 rings (SSSR count). The van der Waals surface area contributed by atoms with Gasteiger partial charge in [0.2, 0.25) is 0 Å². The van der Waals surface area contributed by atoms with Crippen molar-refractivity contribution in [3.8, 4) is 5.69 Å². The van der Waals surface area contributed by atoms with Crippen molar-refractivity contribution < 1.29 is 14.3 Å². The van der Waals surface area contributed by atoms with Gasteiger partial charge in [-0.15, -0.1) is 11.3 Å². The molecule has 3 aromatic rings. The Labute approximate surface area is 204 Å². The number of nitrogens with zero attached hydrogens (tertiary/aromatic N) is 2. The number of carbonyl (C=O) groups is 2. The highest BCUT2D eigenvalue weighted by Gasteiger charge is 2.26. The minimum absolute atomic E-state index is 0.0768. The van der Waals surface area contributed by atoms with Gasteiger partial charge in [-0.05, 0) is 50.3 Å². The summed E-state index contributed by atoms with van der Waals surface area (Å²) in [5.41, 5.74) is 2.63. The number of hydrogen-bond acceptors (Lipinski definition) is 7. The van der Waals surface area contributed by atoms with Gasteiger partial charge in [0.05, 0.1) is 29.8 Å². The van der Waals surface area contributed by atoms with Crippen molar-refractivity contribution in [1.29, 1.82) is 0 Å². The van der Waals surface area contributed by atoms with Crippen molar-refractivity contribution in [3.05, 3.63) is 62.4 Å². The van der Waals surface area contributed by atoms with Gasteiger partial charge in [0.15, 0.2) is 5.16 Å². The summed E-state index contributed by atoms with van der Waals surface area (Å²) in [5.74, 6) is -0.211. The smallest absolute Gasteiger partial charge is 0.337 e. The molecule has 1 aliphatic carbocycles. The molecule has 1 aliphatic heterocycles. The predicted molar refractivity (Wildman–Crippen MR) is 133 cm³/mol. The van der Waals surface area contributed by atoms with Crippen LogP contribution >= 0.6 is 23.1 Å². The third-order valence-electron chi connectivity index (χ3n) is 5.89. The average molecular weight is 497 g/mol. The fraction of sp³-hybridized carbons (Fsp3) is 0.333. The lowest BCUT2D eigenvalue weighted by Gasteiger charge is -2.21. The van der Waals surface area contributed by atoms with Crippen LogP contribution in [0.5, 0.6) is 0 Å². The Hall–Kier alpha value is -3.11. The second kappa shape index (κ2) is 9.63. The Morgan fingerprint density at radius 3 is 2.79 bits per heavy atom. The molecule has 3 heterocycles. The van der Waals surface area contributed by atoms with Crippen LogP contribution in [-0.2, 0) is 22.4 Å². The fourth-order valence-electron chi connectivity index (χ4n) is 4.29. The number of carbonyl (C=O) groups excluding carboxylic acids is 2. The van der Waals surface area contributed by atoms with E-state index in [0.29, 0.717) is 16.4 Å². The molecule has 0 fully saturated rings. The topological polar surface area (TPSA) is 102 Å². The Balaban J connectivity index is 1.59. The van der Waals surface area contributed by atoms with E-state index >= 15 is 0 Å². The van der Waals surface area contributed by atoms with E-state index < -0.39 is 5.97 Å². The third kappa shape index (κ3) is 4.23. The van der Waals surface area contributed by atoms with Crippen LogP contribution in [0.3, 0.4) is 0 Å². The second-order valence-corrected chi connectivity index (χ2v) is 10.1. The van der Waals surface area contributed by atoms with E-state index in [1.165, 1.54) is 16.6 Å². The number of ether oxygens (including phenoxy) is 1. The zero-order chi connectivity index (χ0) is 23.7. The summed E-state index contributed by atoms with van der Waals surface area (Å²) in [6, 6.07) is 9.07. The zero-order valence-electron chi connectivity index (χ0n) is 18.7. The van der Waals surface area contributed by atoms with Gasteiger partial charge in [0.25, 0.3) is 5.56 Å². The van der Waals surface area contributed by atoms with Crippen molar-refractivity contribution in [1.82, 2.24) is 20.2 Å². The first-order chi connectivity index (χ1) is 16.6. The van der Waals surface area contributed by atoms with Gasteiger partial charge in [-0.25, -0.2) is 14.6 Å². The van der Waals surface area contributed by atoms with Gasteiger partial charge in [-0.2, -0.15) is 0 Å². The first-order valence-electron chi connectivity index (χ1n) is 11.3. The zero-order valence-corrected chi connectivity index (χ0v) is 20.3. The van der Waals surface area contributed by atoms with Crippen LogP contribution in [-0.4, -0.2) is 40.5 Å². The van der Waals surface area contributed by atoms with Crippen molar-refractivity contribution >= 4 is 45.3 Å². The highest BCUT2D eigenvalue weighted by Crippen LogP contribution is 2.35. The summed E-state index contributed by atoms with van der Waals surface area (Å²) >= 11 is 2.92. The lowest BCUT2D eigenvalue weighted by Crippen LogP contribution is -2.44. The summed E-state index contributed by atoms with van der Waals surface area (Å²) in [7, 11) is 0. The highest BCUT2D eigenvalue weighted by molar-refractivity contribution is 7.99. The van der Waals surface area contributed by atoms with E-state index in [9.17, 15) is 14.4 Å². The molecule has 2 N–H and O–H groups in total. The van der Waals surface area contributed by atoms with E-state index in [1.807, 2.05) is 30.3 Å². The molecule has 0 saturated heterocycles. The summed E-state index contributed by atoms with van der Waals surface area (Å²) in [5, 5.41) is 6.57. The molecular formula is C24H24N4O4S2. The molecule has 8 nitrogen and oxygen atoms in total. The molecule has 0 radical (unpaired) electrons. The lowest BCUT2D eigenvalue weighted by molar-refractivity contribution is -0.138. The van der Waals surface area contributed by atoms with E-state index in [0.717, 1.165) is 47.2 Å². The highest BCUT2D eigenvalue weighted by atomic mass is 32.2. The van der Waals surface area contributed by atoms with Crippen LogP contribution in [0.15, 0.2) is 51.6 Å². The van der Waals surface area contributed by atoms with Gasteiger partial charge in [0.1, 0.15) is 4.83 Å². The van der Waals surface area contributed by atoms with Crippen LogP contribution in [0.1, 0.15) is 30.2 Å². The number of para-hydroxylation sites is 1. The summed E-state index contributed by atoms with van der Waals surface area (Å²) in [6.45, 7) is 2.07. The number of thioether (sulfide) groups is 1. The van der Waals surface area contributed by atoms with Crippen molar-refractivity contribution in [2.75, 3.05) is 18.9 Å². The molecule has 176 valence electrons. The first kappa shape index (κ1) is 22.7. The van der Waals surface area contributed by atoms with Gasteiger partial charge < -0.3 is 15.4 Å². The number of aryl methyl sites for hydroxylation is 2. The molecule has 0 bridgehead atoms. The molecule has 2 aliphatic rings. The predicted octanol–water partition coefficient (Wildman–Crippen LogP) is 3.55. The normalized spacial score (nSPS) is 15.6. The average Bonchev–Trinajstić information content (AvgIpc) is 3.22. The lowest BCUT2D eigenvalue weighted by atomic mass is 9.97. The molecule has 0 saturated carbocycles. The Morgan fingerprint density at radius 2 is 2.00 bits per heavy atom. The minimum atomic E-state index is -0.472. The number of hydrogen-bond donors (Lipinski definition) is 2. The SMILES string of the molecule is CCOC(=O)C1=C(CSc2nc3sc4c(c3c(=O)n2-c2ccccc2)CCCC4)NC(=O)NC1. The number of rotatable bonds is 6. The molecular weight excluding hydrogens is 472 g/mol. The number of aromatic nitrogens is 2. The molecule has 1 aromatic carbocycles. The van der Waals surface area contributed by atoms with Crippen LogP contribution < -0.4 is 16.2 Å². The first-order valence-corrected chi connectivity index (χ1v) is 13.1. The molecule has 10 heteroatoms. The quantitative estimate of drug-likeness (QED) is 0.307. The molecule has 2 amide bonds. The standard InChI is InChI=1S/C24H24N4O4S2/c1-2-32-22(30)16-12-25-23(31)26-17(16)13-33-24-27-20-19(15-10-6-7-11-18(15)34-20)21(29)28(24)14-8-4-3-5-9-14/h3-5,8-9H,2,6-7,10-13H2,1H3,(H2,25,26,31).